The predicted octanol–water partition coefficient (Wildman–Crippen LogP) is 2.59. The summed E-state index contributed by atoms with van der Waals surface area (Å²) >= 11 is 0. The second kappa shape index (κ2) is 6.43. The lowest BCUT2D eigenvalue weighted by molar-refractivity contribution is 0.395. The van der Waals surface area contributed by atoms with Gasteiger partial charge in [0.05, 0.1) is 32.7 Å². The molecule has 1 aromatic carbocycles. The predicted molar refractivity (Wildman–Crippen MR) is 79.1 cm³/mol. The second-order valence-corrected chi connectivity index (χ2v) is 4.85. The van der Waals surface area contributed by atoms with Gasteiger partial charge >= 0.3 is 0 Å². The summed E-state index contributed by atoms with van der Waals surface area (Å²) in [6.07, 6.45) is 1.82. The van der Waals surface area contributed by atoms with Crippen molar-refractivity contribution in [2.45, 2.75) is 26.4 Å². The van der Waals surface area contributed by atoms with Crippen LogP contribution in [0.3, 0.4) is 0 Å². The summed E-state index contributed by atoms with van der Waals surface area (Å²) < 4.78 is 10.6. The fourth-order valence-electron chi connectivity index (χ4n) is 1.91. The fraction of sp³-hybridized carbons (Fsp3) is 0.400. The van der Waals surface area contributed by atoms with E-state index in [1.54, 1.807) is 14.2 Å². The van der Waals surface area contributed by atoms with Gasteiger partial charge in [-0.15, -0.1) is 0 Å². The summed E-state index contributed by atoms with van der Waals surface area (Å²) in [4.78, 5) is 7.68. The number of H-pyrrole nitrogens is 1. The van der Waals surface area contributed by atoms with E-state index in [2.05, 4.69) is 29.1 Å². The van der Waals surface area contributed by atoms with Crippen LogP contribution < -0.4 is 14.8 Å². The molecule has 0 aliphatic heterocycles. The van der Waals surface area contributed by atoms with Gasteiger partial charge in [0.15, 0.2) is 0 Å². The summed E-state index contributed by atoms with van der Waals surface area (Å²) in [7, 11) is 3.29. The van der Waals surface area contributed by atoms with Crippen LogP contribution in [0.1, 0.15) is 19.7 Å². The molecule has 0 bridgehead atoms. The van der Waals surface area contributed by atoms with E-state index < -0.39 is 0 Å². The minimum absolute atomic E-state index is 0.430. The van der Waals surface area contributed by atoms with Gasteiger partial charge in [0.1, 0.15) is 17.3 Å². The first-order valence-electron chi connectivity index (χ1n) is 6.63. The number of nitrogens with one attached hydrogen (secondary N) is 2. The van der Waals surface area contributed by atoms with Crippen LogP contribution in [-0.2, 0) is 6.54 Å². The van der Waals surface area contributed by atoms with Crippen molar-refractivity contribution >= 4 is 0 Å². The topological polar surface area (TPSA) is 59.2 Å². The highest BCUT2D eigenvalue weighted by atomic mass is 16.5. The first kappa shape index (κ1) is 14.4. The molecule has 5 heteroatoms. The van der Waals surface area contributed by atoms with Crippen LogP contribution in [0.4, 0.5) is 0 Å². The average Bonchev–Trinajstić information content (AvgIpc) is 2.93. The summed E-state index contributed by atoms with van der Waals surface area (Å²) in [5.74, 6) is 2.44. The maximum Gasteiger partial charge on any atom is 0.131 e. The lowest BCUT2D eigenvalue weighted by Gasteiger charge is -2.09. The van der Waals surface area contributed by atoms with Crippen molar-refractivity contribution in [3.05, 3.63) is 30.2 Å². The Balaban J connectivity index is 2.23. The van der Waals surface area contributed by atoms with Crippen molar-refractivity contribution in [1.82, 2.24) is 15.3 Å². The summed E-state index contributed by atoms with van der Waals surface area (Å²) in [5, 5.41) is 3.33. The minimum Gasteiger partial charge on any atom is -0.497 e. The molecule has 0 radical (unpaired) electrons. The second-order valence-electron chi connectivity index (χ2n) is 4.85. The first-order chi connectivity index (χ1) is 9.63. The van der Waals surface area contributed by atoms with Crippen molar-refractivity contribution < 1.29 is 9.47 Å². The van der Waals surface area contributed by atoms with Gasteiger partial charge in [0, 0.05) is 17.7 Å². The molecule has 0 spiro atoms. The van der Waals surface area contributed by atoms with Gasteiger partial charge in [-0.2, -0.15) is 0 Å². The van der Waals surface area contributed by atoms with Crippen LogP contribution in [0.15, 0.2) is 24.4 Å². The normalized spacial score (nSPS) is 10.8. The number of hydrogen-bond donors (Lipinski definition) is 2. The Kier molecular flexibility index (Phi) is 4.63. The Bertz CT molecular complexity index is 564. The fourth-order valence-corrected chi connectivity index (χ4v) is 1.91. The highest BCUT2D eigenvalue weighted by Crippen LogP contribution is 2.32. The number of hydrogen-bond acceptors (Lipinski definition) is 4. The van der Waals surface area contributed by atoms with Crippen molar-refractivity contribution in [3.63, 3.8) is 0 Å². The molecule has 0 amide bonds. The molecule has 1 heterocycles. The maximum atomic E-state index is 5.41. The molecule has 0 fully saturated rings. The summed E-state index contributed by atoms with van der Waals surface area (Å²) in [5.41, 5.74) is 1.90. The molecule has 20 heavy (non-hydrogen) atoms. The molecule has 5 nitrogen and oxygen atoms in total. The van der Waals surface area contributed by atoms with Gasteiger partial charge in [0.2, 0.25) is 0 Å². The lowest BCUT2D eigenvalue weighted by atomic mass is 10.1. The van der Waals surface area contributed by atoms with Crippen LogP contribution in [0.25, 0.3) is 11.3 Å². The number of rotatable bonds is 6. The Morgan fingerprint density at radius 1 is 1.25 bits per heavy atom. The minimum atomic E-state index is 0.430. The number of benzene rings is 1. The zero-order chi connectivity index (χ0) is 14.5. The van der Waals surface area contributed by atoms with Crippen LogP contribution in [0.2, 0.25) is 0 Å². The van der Waals surface area contributed by atoms with Crippen LogP contribution in [0, 0.1) is 0 Å². The van der Waals surface area contributed by atoms with Crippen LogP contribution >= 0.6 is 0 Å². The third kappa shape index (κ3) is 3.30. The lowest BCUT2D eigenvalue weighted by Crippen LogP contribution is -2.22. The van der Waals surface area contributed by atoms with Crippen molar-refractivity contribution in [3.8, 4) is 22.8 Å². The van der Waals surface area contributed by atoms with Gasteiger partial charge < -0.3 is 19.8 Å². The molecule has 0 saturated heterocycles. The highest BCUT2D eigenvalue weighted by Gasteiger charge is 2.10. The third-order valence-corrected chi connectivity index (χ3v) is 3.01. The van der Waals surface area contributed by atoms with E-state index in [9.17, 15) is 0 Å². The van der Waals surface area contributed by atoms with Crippen molar-refractivity contribution in [2.24, 2.45) is 0 Å². The van der Waals surface area contributed by atoms with E-state index in [4.69, 9.17) is 9.47 Å². The Labute approximate surface area is 119 Å². The molecular formula is C15H21N3O2. The molecule has 0 aliphatic carbocycles. The van der Waals surface area contributed by atoms with Gasteiger partial charge in [-0.25, -0.2) is 4.98 Å². The van der Waals surface area contributed by atoms with Crippen molar-refractivity contribution in [1.29, 1.82) is 0 Å². The monoisotopic (exact) mass is 275 g/mol. The summed E-state index contributed by atoms with van der Waals surface area (Å²) in [6.45, 7) is 4.93. The molecule has 108 valence electrons. The largest absolute Gasteiger partial charge is 0.497 e. The van der Waals surface area contributed by atoms with Crippen LogP contribution in [0.5, 0.6) is 11.5 Å². The van der Waals surface area contributed by atoms with Gasteiger partial charge in [-0.05, 0) is 12.1 Å². The van der Waals surface area contributed by atoms with Crippen molar-refractivity contribution in [2.75, 3.05) is 14.2 Å². The van der Waals surface area contributed by atoms with E-state index >= 15 is 0 Å². The number of nitrogens with zero attached hydrogens (tertiary/aromatic N) is 1. The standard InChI is InChI=1S/C15H21N3O2/c1-10(2)16-9-15-17-8-13(18-15)12-6-5-11(19-3)7-14(12)20-4/h5-8,10,16H,9H2,1-4H3,(H,17,18). The highest BCUT2D eigenvalue weighted by molar-refractivity contribution is 5.68. The Morgan fingerprint density at radius 2 is 2.05 bits per heavy atom. The zero-order valence-corrected chi connectivity index (χ0v) is 12.4. The number of aromatic amines is 1. The molecular weight excluding hydrogens is 254 g/mol. The molecule has 2 aromatic rings. The van der Waals surface area contributed by atoms with E-state index in [0.717, 1.165) is 35.1 Å². The molecule has 2 rings (SSSR count). The number of methoxy groups -OCH3 is 2. The molecule has 2 N–H and O–H groups in total. The number of ether oxygens (including phenoxy) is 2. The zero-order valence-electron chi connectivity index (χ0n) is 12.4. The molecule has 0 unspecified atom stereocenters. The molecule has 0 saturated carbocycles. The van der Waals surface area contributed by atoms with E-state index in [1.807, 2.05) is 24.4 Å². The molecule has 0 atom stereocenters. The quantitative estimate of drug-likeness (QED) is 0.850. The van der Waals surface area contributed by atoms with E-state index in [-0.39, 0.29) is 0 Å². The third-order valence-electron chi connectivity index (χ3n) is 3.01. The first-order valence-corrected chi connectivity index (χ1v) is 6.63. The average molecular weight is 275 g/mol. The smallest absolute Gasteiger partial charge is 0.131 e. The van der Waals surface area contributed by atoms with Gasteiger partial charge in [-0.3, -0.25) is 0 Å². The Hall–Kier alpha value is -2.01. The number of imidazole rings is 1. The molecule has 1 aromatic heterocycles. The van der Waals surface area contributed by atoms with E-state index in [1.165, 1.54) is 0 Å². The summed E-state index contributed by atoms with van der Waals surface area (Å²) in [6, 6.07) is 6.16. The maximum absolute atomic E-state index is 5.41. The van der Waals surface area contributed by atoms with Gasteiger partial charge in [0.25, 0.3) is 0 Å². The molecule has 0 aliphatic rings. The van der Waals surface area contributed by atoms with Gasteiger partial charge in [-0.1, -0.05) is 13.8 Å². The Morgan fingerprint density at radius 3 is 2.70 bits per heavy atom. The van der Waals surface area contributed by atoms with Crippen LogP contribution in [-0.4, -0.2) is 30.2 Å². The van der Waals surface area contributed by atoms with E-state index in [0.29, 0.717) is 6.04 Å². The SMILES string of the molecule is COc1ccc(-c2cnc(CNC(C)C)[nH]2)c(OC)c1. The number of aromatic nitrogens is 2.